The molecule has 1 heterocycles. The number of fused-ring (bicyclic) bond motifs is 1. The third-order valence-corrected chi connectivity index (χ3v) is 5.55. The van der Waals surface area contributed by atoms with E-state index in [1.54, 1.807) is 42.6 Å². The molecule has 0 spiro atoms. The molecular weight excluding hydrogens is 454 g/mol. The van der Waals surface area contributed by atoms with Crippen molar-refractivity contribution in [1.29, 1.82) is 0 Å². The average Bonchev–Trinajstić information content (AvgIpc) is 2.92. The molecule has 0 unspecified atom stereocenters. The minimum Gasteiger partial charge on any atom is -0.489 e. The van der Waals surface area contributed by atoms with E-state index in [1.165, 1.54) is 10.7 Å². The van der Waals surface area contributed by atoms with Crippen LogP contribution >= 0.6 is 0 Å². The quantitative estimate of drug-likeness (QED) is 0.326. The minimum atomic E-state index is -0.983. The number of aromatic carboxylic acids is 1. The zero-order valence-electron chi connectivity index (χ0n) is 19.1. The number of benzene rings is 4. The van der Waals surface area contributed by atoms with Crippen LogP contribution in [0.5, 0.6) is 5.75 Å². The Morgan fingerprint density at radius 2 is 1.69 bits per heavy atom. The Hall–Kier alpha value is -5.04. The Kier molecular flexibility index (Phi) is 6.36. The molecule has 36 heavy (non-hydrogen) atoms. The molecule has 0 saturated heterocycles. The van der Waals surface area contributed by atoms with Gasteiger partial charge in [-0.1, -0.05) is 66.7 Å². The lowest BCUT2D eigenvalue weighted by Gasteiger charge is -2.10. The number of aromatic nitrogens is 2. The molecule has 5 aromatic rings. The third-order valence-electron chi connectivity index (χ3n) is 5.55. The van der Waals surface area contributed by atoms with Gasteiger partial charge in [-0.15, -0.1) is 0 Å². The average molecular weight is 476 g/mol. The highest BCUT2D eigenvalue weighted by atomic mass is 16.5. The van der Waals surface area contributed by atoms with Crippen molar-refractivity contribution in [2.75, 3.05) is 0 Å². The SMILES string of the molecule is O=C(O)c1cccc(COc2cccc(C=Nn3c(-c4ccccc4)nc4ccccc4c3=O)c2)c1. The second-order valence-corrected chi connectivity index (χ2v) is 8.05. The maximum Gasteiger partial charge on any atom is 0.335 e. The normalized spacial score (nSPS) is 11.1. The summed E-state index contributed by atoms with van der Waals surface area (Å²) in [7, 11) is 0. The number of hydrogen-bond acceptors (Lipinski definition) is 5. The number of hydrogen-bond donors (Lipinski definition) is 1. The fraction of sp³-hybridized carbons (Fsp3) is 0.0345. The van der Waals surface area contributed by atoms with Gasteiger partial charge in [-0.25, -0.2) is 9.78 Å². The molecule has 0 amide bonds. The Morgan fingerprint density at radius 1 is 0.917 bits per heavy atom. The van der Waals surface area contributed by atoms with Crippen LogP contribution in [0.25, 0.3) is 22.3 Å². The molecule has 176 valence electrons. The Morgan fingerprint density at radius 3 is 2.53 bits per heavy atom. The predicted octanol–water partition coefficient (Wildman–Crippen LogP) is 5.22. The molecule has 0 radical (unpaired) electrons. The van der Waals surface area contributed by atoms with Gasteiger partial charge in [0, 0.05) is 5.56 Å². The van der Waals surface area contributed by atoms with Crippen molar-refractivity contribution in [2.45, 2.75) is 6.61 Å². The second kappa shape index (κ2) is 10.1. The zero-order chi connectivity index (χ0) is 24.9. The van der Waals surface area contributed by atoms with Crippen LogP contribution in [-0.2, 0) is 6.61 Å². The molecule has 7 nitrogen and oxygen atoms in total. The highest BCUT2D eigenvalue weighted by Crippen LogP contribution is 2.19. The maximum atomic E-state index is 13.3. The number of carboxylic acids is 1. The number of para-hydroxylation sites is 1. The Labute approximate surface area is 206 Å². The van der Waals surface area contributed by atoms with Crippen LogP contribution in [0, 0.1) is 0 Å². The molecule has 0 aliphatic rings. The van der Waals surface area contributed by atoms with E-state index in [4.69, 9.17) is 9.72 Å². The topological polar surface area (TPSA) is 93.8 Å². The second-order valence-electron chi connectivity index (χ2n) is 8.05. The first kappa shape index (κ1) is 22.7. The number of nitrogens with zero attached hydrogens (tertiary/aromatic N) is 3. The molecule has 0 aliphatic heterocycles. The lowest BCUT2D eigenvalue weighted by atomic mass is 10.1. The van der Waals surface area contributed by atoms with E-state index in [0.29, 0.717) is 22.5 Å². The summed E-state index contributed by atoms with van der Waals surface area (Å²) in [4.78, 5) is 29.2. The van der Waals surface area contributed by atoms with Crippen LogP contribution in [-0.4, -0.2) is 27.0 Å². The standard InChI is InChI=1S/C29H21N3O4/c33-28-25-14-4-5-15-26(25)31-27(22-10-2-1-3-11-22)32(28)30-18-20-8-7-13-24(17-20)36-19-21-9-6-12-23(16-21)29(34)35/h1-18H,19H2,(H,34,35). The summed E-state index contributed by atoms with van der Waals surface area (Å²) < 4.78 is 7.17. The molecule has 0 atom stereocenters. The van der Waals surface area contributed by atoms with Gasteiger partial charge in [0.25, 0.3) is 5.56 Å². The van der Waals surface area contributed by atoms with Gasteiger partial charge in [-0.3, -0.25) is 4.79 Å². The summed E-state index contributed by atoms with van der Waals surface area (Å²) >= 11 is 0. The van der Waals surface area contributed by atoms with Crippen LogP contribution < -0.4 is 10.3 Å². The van der Waals surface area contributed by atoms with Gasteiger partial charge in [0.15, 0.2) is 5.82 Å². The van der Waals surface area contributed by atoms with E-state index in [9.17, 15) is 14.7 Å². The van der Waals surface area contributed by atoms with Gasteiger partial charge in [-0.2, -0.15) is 9.78 Å². The lowest BCUT2D eigenvalue weighted by Crippen LogP contribution is -2.20. The molecule has 0 fully saturated rings. The fourth-order valence-electron chi connectivity index (χ4n) is 3.77. The van der Waals surface area contributed by atoms with Crippen molar-refractivity contribution >= 4 is 23.1 Å². The summed E-state index contributed by atoms with van der Waals surface area (Å²) in [5.74, 6) is 0.0524. The molecule has 1 aromatic heterocycles. The summed E-state index contributed by atoms with van der Waals surface area (Å²) in [5.41, 5.74) is 2.80. The molecule has 7 heteroatoms. The van der Waals surface area contributed by atoms with Crippen LogP contribution in [0.15, 0.2) is 113 Å². The van der Waals surface area contributed by atoms with Gasteiger partial charge >= 0.3 is 5.97 Å². The van der Waals surface area contributed by atoms with E-state index in [-0.39, 0.29) is 17.7 Å². The molecule has 0 aliphatic carbocycles. The molecule has 5 rings (SSSR count). The van der Waals surface area contributed by atoms with Gasteiger partial charge in [0.1, 0.15) is 12.4 Å². The monoisotopic (exact) mass is 475 g/mol. The number of ether oxygens (including phenoxy) is 1. The van der Waals surface area contributed by atoms with Gasteiger partial charge in [0.2, 0.25) is 0 Å². The van der Waals surface area contributed by atoms with Crippen LogP contribution in [0.4, 0.5) is 0 Å². The van der Waals surface area contributed by atoms with Crippen molar-refractivity contribution in [3.63, 3.8) is 0 Å². The van der Waals surface area contributed by atoms with Crippen molar-refractivity contribution in [1.82, 2.24) is 9.66 Å². The van der Waals surface area contributed by atoms with E-state index < -0.39 is 5.97 Å². The van der Waals surface area contributed by atoms with Crippen molar-refractivity contribution < 1.29 is 14.6 Å². The van der Waals surface area contributed by atoms with Crippen molar-refractivity contribution in [3.8, 4) is 17.1 Å². The van der Waals surface area contributed by atoms with Gasteiger partial charge < -0.3 is 9.84 Å². The molecule has 0 bridgehead atoms. The highest BCUT2D eigenvalue weighted by Gasteiger charge is 2.12. The number of rotatable bonds is 7. The Balaban J connectivity index is 1.45. The first-order valence-corrected chi connectivity index (χ1v) is 11.3. The van der Waals surface area contributed by atoms with Crippen LogP contribution in [0.2, 0.25) is 0 Å². The van der Waals surface area contributed by atoms with Gasteiger partial charge in [-0.05, 0) is 47.5 Å². The highest BCUT2D eigenvalue weighted by molar-refractivity contribution is 5.87. The van der Waals surface area contributed by atoms with Crippen molar-refractivity contribution in [2.24, 2.45) is 5.10 Å². The van der Waals surface area contributed by atoms with Gasteiger partial charge in [0.05, 0.1) is 22.7 Å². The van der Waals surface area contributed by atoms with E-state index in [2.05, 4.69) is 5.10 Å². The van der Waals surface area contributed by atoms with Crippen molar-refractivity contribution in [3.05, 3.63) is 130 Å². The Bertz CT molecular complexity index is 1640. The van der Waals surface area contributed by atoms with E-state index >= 15 is 0 Å². The zero-order valence-corrected chi connectivity index (χ0v) is 19.1. The van der Waals surface area contributed by atoms with Crippen LogP contribution in [0.3, 0.4) is 0 Å². The first-order chi connectivity index (χ1) is 17.6. The van der Waals surface area contributed by atoms with Crippen LogP contribution in [0.1, 0.15) is 21.5 Å². The summed E-state index contributed by atoms with van der Waals surface area (Å²) in [6.45, 7) is 0.216. The largest absolute Gasteiger partial charge is 0.489 e. The lowest BCUT2D eigenvalue weighted by molar-refractivity contribution is 0.0696. The van der Waals surface area contributed by atoms with E-state index in [1.807, 2.05) is 60.7 Å². The van der Waals surface area contributed by atoms with E-state index in [0.717, 1.165) is 16.7 Å². The molecule has 0 saturated carbocycles. The molecular formula is C29H21N3O4. The first-order valence-electron chi connectivity index (χ1n) is 11.3. The number of carbonyl (C=O) groups is 1. The third kappa shape index (κ3) is 4.90. The smallest absolute Gasteiger partial charge is 0.335 e. The summed E-state index contributed by atoms with van der Waals surface area (Å²) in [5, 5.41) is 14.1. The fourth-order valence-corrected chi connectivity index (χ4v) is 3.77. The summed E-state index contributed by atoms with van der Waals surface area (Å²) in [6, 6.07) is 30.5. The number of carboxylic acid groups (broad SMARTS) is 1. The minimum absolute atomic E-state index is 0.209. The molecule has 1 N–H and O–H groups in total. The predicted molar refractivity (Wildman–Crippen MR) is 139 cm³/mol. The maximum absolute atomic E-state index is 13.3. The summed E-state index contributed by atoms with van der Waals surface area (Å²) in [6.07, 6.45) is 1.59. The molecule has 4 aromatic carbocycles.